The molecule has 0 aliphatic carbocycles. The highest BCUT2D eigenvalue weighted by Gasteiger charge is 2.31. The van der Waals surface area contributed by atoms with Crippen LogP contribution in [-0.4, -0.2) is 31.1 Å². The predicted molar refractivity (Wildman–Crippen MR) is 111 cm³/mol. The van der Waals surface area contributed by atoms with E-state index in [1.807, 2.05) is 6.92 Å². The lowest BCUT2D eigenvalue weighted by Gasteiger charge is -2.35. The SMILES string of the molecule is Cc1cccc([C@@H](c2sc3nc(C)nn3c2O)N2CCc3ccccc3C2)c1. The zero-order chi connectivity index (χ0) is 19.3. The van der Waals surface area contributed by atoms with Crippen LogP contribution in [0, 0.1) is 13.8 Å². The lowest BCUT2D eigenvalue weighted by Crippen LogP contribution is -2.34. The van der Waals surface area contributed by atoms with Crippen LogP contribution in [0.25, 0.3) is 4.96 Å². The highest BCUT2D eigenvalue weighted by molar-refractivity contribution is 7.17. The molecule has 0 fully saturated rings. The van der Waals surface area contributed by atoms with Crippen molar-refractivity contribution in [2.75, 3.05) is 6.54 Å². The van der Waals surface area contributed by atoms with Crippen molar-refractivity contribution in [2.24, 2.45) is 0 Å². The molecule has 0 unspecified atom stereocenters. The molecule has 4 aromatic rings. The molecule has 0 saturated carbocycles. The van der Waals surface area contributed by atoms with Crippen LogP contribution in [0.4, 0.5) is 0 Å². The summed E-state index contributed by atoms with van der Waals surface area (Å²) in [4.78, 5) is 8.55. The van der Waals surface area contributed by atoms with E-state index in [2.05, 4.69) is 70.4 Å². The zero-order valence-electron chi connectivity index (χ0n) is 16.0. The van der Waals surface area contributed by atoms with Crippen LogP contribution >= 0.6 is 11.3 Å². The first-order valence-corrected chi connectivity index (χ1v) is 10.3. The molecule has 0 bridgehead atoms. The number of aromatic hydroxyl groups is 1. The van der Waals surface area contributed by atoms with Crippen LogP contribution in [0.15, 0.2) is 48.5 Å². The van der Waals surface area contributed by atoms with Crippen molar-refractivity contribution in [3.63, 3.8) is 0 Å². The Morgan fingerprint density at radius 3 is 2.68 bits per heavy atom. The van der Waals surface area contributed by atoms with E-state index < -0.39 is 0 Å². The van der Waals surface area contributed by atoms with Gasteiger partial charge in [0.25, 0.3) is 0 Å². The Hall–Kier alpha value is -2.70. The number of fused-ring (bicyclic) bond motifs is 2. The van der Waals surface area contributed by atoms with Crippen molar-refractivity contribution in [1.29, 1.82) is 0 Å². The third-order valence-electron chi connectivity index (χ3n) is 5.44. The van der Waals surface area contributed by atoms with E-state index >= 15 is 0 Å². The van der Waals surface area contributed by atoms with E-state index in [9.17, 15) is 5.11 Å². The number of hydrogen-bond acceptors (Lipinski definition) is 5. The molecule has 5 nitrogen and oxygen atoms in total. The van der Waals surface area contributed by atoms with Gasteiger partial charge in [0.2, 0.25) is 10.8 Å². The second kappa shape index (κ2) is 6.72. The van der Waals surface area contributed by atoms with Crippen molar-refractivity contribution >= 4 is 16.3 Å². The lowest BCUT2D eigenvalue weighted by molar-refractivity contribution is 0.205. The average Bonchev–Trinajstić information content (AvgIpc) is 3.20. The molecule has 3 heterocycles. The summed E-state index contributed by atoms with van der Waals surface area (Å²) in [5.74, 6) is 0.873. The van der Waals surface area contributed by atoms with Crippen molar-refractivity contribution in [3.05, 3.63) is 81.5 Å². The van der Waals surface area contributed by atoms with E-state index in [-0.39, 0.29) is 11.9 Å². The number of thiazole rings is 1. The third kappa shape index (κ3) is 2.89. The maximum atomic E-state index is 11.0. The lowest BCUT2D eigenvalue weighted by atomic mass is 9.95. The van der Waals surface area contributed by atoms with Gasteiger partial charge in [-0.2, -0.15) is 4.52 Å². The van der Waals surface area contributed by atoms with Gasteiger partial charge in [0.05, 0.1) is 10.9 Å². The van der Waals surface area contributed by atoms with Gasteiger partial charge in [-0.1, -0.05) is 65.4 Å². The molecule has 6 heteroatoms. The highest BCUT2D eigenvalue weighted by Crippen LogP contribution is 2.41. The number of hydrogen-bond donors (Lipinski definition) is 1. The molecule has 1 aliphatic rings. The minimum Gasteiger partial charge on any atom is -0.492 e. The van der Waals surface area contributed by atoms with Gasteiger partial charge in [0.1, 0.15) is 5.82 Å². The Morgan fingerprint density at radius 1 is 1.07 bits per heavy atom. The molecule has 1 atom stereocenters. The van der Waals surface area contributed by atoms with Crippen LogP contribution in [0.5, 0.6) is 5.88 Å². The number of nitrogens with zero attached hydrogens (tertiary/aromatic N) is 4. The van der Waals surface area contributed by atoms with Crippen LogP contribution < -0.4 is 0 Å². The van der Waals surface area contributed by atoms with E-state index in [4.69, 9.17) is 0 Å². The molecule has 0 radical (unpaired) electrons. The first-order chi connectivity index (χ1) is 13.6. The third-order valence-corrected chi connectivity index (χ3v) is 6.51. The second-order valence-electron chi connectivity index (χ2n) is 7.45. The van der Waals surface area contributed by atoms with Gasteiger partial charge in [0.15, 0.2) is 0 Å². The molecule has 1 aliphatic heterocycles. The van der Waals surface area contributed by atoms with Crippen molar-refractivity contribution in [1.82, 2.24) is 19.5 Å². The molecule has 28 heavy (non-hydrogen) atoms. The smallest absolute Gasteiger partial charge is 0.230 e. The Morgan fingerprint density at radius 2 is 1.89 bits per heavy atom. The number of rotatable bonds is 3. The van der Waals surface area contributed by atoms with Crippen LogP contribution in [0.3, 0.4) is 0 Å². The topological polar surface area (TPSA) is 53.7 Å². The summed E-state index contributed by atoms with van der Waals surface area (Å²) < 4.78 is 1.57. The largest absolute Gasteiger partial charge is 0.492 e. The molecule has 142 valence electrons. The maximum Gasteiger partial charge on any atom is 0.230 e. The van der Waals surface area contributed by atoms with E-state index in [1.54, 1.807) is 4.52 Å². The second-order valence-corrected chi connectivity index (χ2v) is 8.46. The Bertz CT molecular complexity index is 1160. The first kappa shape index (κ1) is 17.4. The summed E-state index contributed by atoms with van der Waals surface area (Å²) in [5, 5.41) is 15.3. The van der Waals surface area contributed by atoms with Gasteiger partial charge >= 0.3 is 0 Å². The summed E-state index contributed by atoms with van der Waals surface area (Å²) in [6.07, 6.45) is 1.01. The first-order valence-electron chi connectivity index (χ1n) is 9.52. The Labute approximate surface area is 167 Å². The summed E-state index contributed by atoms with van der Waals surface area (Å²) >= 11 is 1.53. The summed E-state index contributed by atoms with van der Waals surface area (Å²) in [6.45, 7) is 5.76. The van der Waals surface area contributed by atoms with Crippen molar-refractivity contribution in [3.8, 4) is 5.88 Å². The standard InChI is InChI=1S/C22H22N4OS/c1-14-6-5-9-17(12-14)19(20-21(27)26-22(28-20)23-15(2)24-26)25-11-10-16-7-3-4-8-18(16)13-25/h3-9,12,19,27H,10-11,13H2,1-2H3/t19-/m0/s1. The normalized spacial score (nSPS) is 15.6. The molecule has 2 aromatic heterocycles. The highest BCUT2D eigenvalue weighted by atomic mass is 32.1. The molecule has 0 spiro atoms. The van der Waals surface area contributed by atoms with Crippen LogP contribution in [-0.2, 0) is 13.0 Å². The zero-order valence-corrected chi connectivity index (χ0v) is 16.8. The molecular formula is C22H22N4OS. The maximum absolute atomic E-state index is 11.0. The summed E-state index contributed by atoms with van der Waals surface area (Å²) in [5.41, 5.74) is 5.19. The predicted octanol–water partition coefficient (Wildman–Crippen LogP) is 4.26. The number of aryl methyl sites for hydroxylation is 2. The number of benzene rings is 2. The monoisotopic (exact) mass is 390 g/mol. The van der Waals surface area contributed by atoms with Gasteiger partial charge in [0, 0.05) is 13.1 Å². The van der Waals surface area contributed by atoms with Crippen molar-refractivity contribution < 1.29 is 5.11 Å². The van der Waals surface area contributed by atoms with Gasteiger partial charge in [-0.15, -0.1) is 5.10 Å². The molecular weight excluding hydrogens is 368 g/mol. The van der Waals surface area contributed by atoms with Gasteiger partial charge in [-0.3, -0.25) is 4.90 Å². The van der Waals surface area contributed by atoms with E-state index in [0.29, 0.717) is 5.82 Å². The fourth-order valence-electron chi connectivity index (χ4n) is 4.13. The van der Waals surface area contributed by atoms with Crippen molar-refractivity contribution in [2.45, 2.75) is 32.9 Å². The quantitative estimate of drug-likeness (QED) is 0.568. The summed E-state index contributed by atoms with van der Waals surface area (Å²) in [6, 6.07) is 17.2. The molecule has 0 saturated heterocycles. The van der Waals surface area contributed by atoms with E-state index in [1.165, 1.54) is 33.6 Å². The van der Waals surface area contributed by atoms with E-state index in [0.717, 1.165) is 29.3 Å². The minimum absolute atomic E-state index is 0.0259. The fourth-order valence-corrected chi connectivity index (χ4v) is 5.30. The molecule has 1 N–H and O–H groups in total. The van der Waals surface area contributed by atoms with Gasteiger partial charge < -0.3 is 5.11 Å². The van der Waals surface area contributed by atoms with Crippen LogP contribution in [0.1, 0.15) is 39.0 Å². The van der Waals surface area contributed by atoms with Crippen LogP contribution in [0.2, 0.25) is 0 Å². The minimum atomic E-state index is -0.0259. The van der Waals surface area contributed by atoms with Gasteiger partial charge in [-0.05, 0) is 37.0 Å². The molecule has 2 aromatic carbocycles. The average molecular weight is 391 g/mol. The fraction of sp³-hybridized carbons (Fsp3) is 0.273. The Balaban J connectivity index is 1.63. The molecule has 0 amide bonds. The Kier molecular flexibility index (Phi) is 4.18. The molecule has 5 rings (SSSR count). The number of aromatic nitrogens is 3. The van der Waals surface area contributed by atoms with Gasteiger partial charge in [-0.25, -0.2) is 4.98 Å². The summed E-state index contributed by atoms with van der Waals surface area (Å²) in [7, 11) is 0.